The Hall–Kier alpha value is -1.74. The van der Waals surface area contributed by atoms with E-state index in [1.807, 2.05) is 20.8 Å². The number of nitrogens with zero attached hydrogens (tertiary/aromatic N) is 3. The first-order chi connectivity index (χ1) is 13.2. The minimum Gasteiger partial charge on any atom is -0.350 e. The highest BCUT2D eigenvalue weighted by Gasteiger charge is 2.44. The molecule has 5 rings (SSSR count). The first-order valence-electron chi connectivity index (χ1n) is 9.57. The van der Waals surface area contributed by atoms with Crippen molar-refractivity contribution in [2.75, 3.05) is 19.6 Å². The molecule has 9 heteroatoms. The molecule has 2 bridgehead atoms. The molecule has 0 saturated carbocycles. The summed E-state index contributed by atoms with van der Waals surface area (Å²) < 4.78 is 13.5. The van der Waals surface area contributed by atoms with E-state index in [-0.39, 0.29) is 23.8 Å². The van der Waals surface area contributed by atoms with E-state index < -0.39 is 0 Å². The number of piperidine rings is 1. The van der Waals surface area contributed by atoms with Crippen LogP contribution in [0.2, 0.25) is 5.02 Å². The van der Waals surface area contributed by atoms with Crippen LogP contribution in [0.3, 0.4) is 0 Å². The molecule has 0 aliphatic carbocycles. The molecular formula is C19H26ClFN6O. The molecule has 2 atom stereocenters. The molecule has 3 aliphatic rings. The average molecular weight is 409 g/mol. The lowest BCUT2D eigenvalue weighted by Crippen LogP contribution is -2.72. The molecule has 7 nitrogen and oxygen atoms in total. The summed E-state index contributed by atoms with van der Waals surface area (Å²) in [6.45, 7) is 8.66. The number of piperazine rings is 1. The SMILES string of the molecule is CC(C)(C)NC(=O)CNN1C2CC1CN(Cc1nc3c(Cl)cc(F)cc3[nH]1)C2. The third kappa shape index (κ3) is 4.15. The van der Waals surface area contributed by atoms with Gasteiger partial charge in [0.1, 0.15) is 17.2 Å². The van der Waals surface area contributed by atoms with E-state index in [0.29, 0.717) is 34.7 Å². The topological polar surface area (TPSA) is 76.3 Å². The van der Waals surface area contributed by atoms with Gasteiger partial charge in [-0.05, 0) is 39.3 Å². The zero-order chi connectivity index (χ0) is 20.1. The summed E-state index contributed by atoms with van der Waals surface area (Å²) in [6.07, 6.45) is 1.13. The van der Waals surface area contributed by atoms with E-state index in [1.165, 1.54) is 12.1 Å². The van der Waals surface area contributed by atoms with E-state index in [1.54, 1.807) is 0 Å². The fourth-order valence-corrected chi connectivity index (χ4v) is 4.34. The average Bonchev–Trinajstić information content (AvgIpc) is 2.95. The molecule has 28 heavy (non-hydrogen) atoms. The van der Waals surface area contributed by atoms with Crippen molar-refractivity contribution < 1.29 is 9.18 Å². The van der Waals surface area contributed by atoms with Gasteiger partial charge in [0.15, 0.2) is 0 Å². The van der Waals surface area contributed by atoms with E-state index >= 15 is 0 Å². The number of hydrogen-bond donors (Lipinski definition) is 3. The van der Waals surface area contributed by atoms with Gasteiger partial charge in [-0.15, -0.1) is 0 Å². The molecule has 1 amide bonds. The van der Waals surface area contributed by atoms with Crippen molar-refractivity contribution in [2.45, 2.75) is 51.4 Å². The summed E-state index contributed by atoms with van der Waals surface area (Å²) >= 11 is 6.08. The largest absolute Gasteiger partial charge is 0.350 e. The molecule has 152 valence electrons. The lowest BCUT2D eigenvalue weighted by Gasteiger charge is -2.56. The summed E-state index contributed by atoms with van der Waals surface area (Å²) in [5.74, 6) is 0.415. The number of carbonyl (C=O) groups is 1. The minimum atomic E-state index is -0.371. The Kier molecular flexibility index (Phi) is 5.07. The molecule has 3 saturated heterocycles. The highest BCUT2D eigenvalue weighted by Crippen LogP contribution is 2.31. The fraction of sp³-hybridized carbons (Fsp3) is 0.579. The van der Waals surface area contributed by atoms with Crippen LogP contribution >= 0.6 is 11.6 Å². The van der Waals surface area contributed by atoms with Gasteiger partial charge >= 0.3 is 0 Å². The Morgan fingerprint density at radius 1 is 1.36 bits per heavy atom. The summed E-state index contributed by atoms with van der Waals surface area (Å²) in [6, 6.07) is 3.46. The Morgan fingerprint density at radius 3 is 2.75 bits per heavy atom. The predicted molar refractivity (Wildman–Crippen MR) is 106 cm³/mol. The van der Waals surface area contributed by atoms with Crippen LogP contribution in [0, 0.1) is 5.82 Å². The van der Waals surface area contributed by atoms with Crippen LogP contribution in [0.4, 0.5) is 4.39 Å². The lowest BCUT2D eigenvalue weighted by atomic mass is 9.90. The van der Waals surface area contributed by atoms with Crippen LogP contribution in [0.5, 0.6) is 0 Å². The van der Waals surface area contributed by atoms with Crippen molar-refractivity contribution in [1.82, 2.24) is 30.6 Å². The number of fused-ring (bicyclic) bond motifs is 3. The number of aromatic amines is 1. The minimum absolute atomic E-state index is 0.000663. The Morgan fingerprint density at radius 2 is 2.07 bits per heavy atom. The van der Waals surface area contributed by atoms with E-state index in [4.69, 9.17) is 11.6 Å². The van der Waals surface area contributed by atoms with Crippen molar-refractivity contribution in [3.63, 3.8) is 0 Å². The van der Waals surface area contributed by atoms with Gasteiger partial charge in [0.2, 0.25) is 5.91 Å². The van der Waals surface area contributed by atoms with Crippen LogP contribution in [-0.4, -0.2) is 63.0 Å². The maximum absolute atomic E-state index is 13.5. The summed E-state index contributed by atoms with van der Waals surface area (Å²) in [4.78, 5) is 22.0. The number of benzene rings is 1. The quantitative estimate of drug-likeness (QED) is 0.705. The Bertz CT molecular complexity index is 882. The Balaban J connectivity index is 1.31. The van der Waals surface area contributed by atoms with Gasteiger partial charge in [-0.25, -0.2) is 19.8 Å². The molecule has 3 N–H and O–H groups in total. The summed E-state index contributed by atoms with van der Waals surface area (Å²) in [5, 5.41) is 5.48. The maximum Gasteiger partial charge on any atom is 0.235 e. The van der Waals surface area contributed by atoms with E-state index in [9.17, 15) is 9.18 Å². The number of aromatic nitrogens is 2. The van der Waals surface area contributed by atoms with Crippen molar-refractivity contribution in [2.24, 2.45) is 0 Å². The van der Waals surface area contributed by atoms with Gasteiger partial charge in [0.05, 0.1) is 23.6 Å². The number of hydrogen-bond acceptors (Lipinski definition) is 5. The normalized spacial score (nSPS) is 23.0. The number of nitrogens with one attached hydrogen (secondary N) is 3. The first kappa shape index (κ1) is 19.6. The second-order valence-corrected chi connectivity index (χ2v) is 9.15. The summed E-state index contributed by atoms with van der Waals surface area (Å²) in [5.41, 5.74) is 4.28. The number of imidazole rings is 1. The van der Waals surface area contributed by atoms with Crippen molar-refractivity contribution in [1.29, 1.82) is 0 Å². The molecule has 3 aliphatic heterocycles. The van der Waals surface area contributed by atoms with Gasteiger partial charge in [0.25, 0.3) is 0 Å². The molecular weight excluding hydrogens is 383 g/mol. The maximum atomic E-state index is 13.5. The molecule has 0 radical (unpaired) electrons. The molecule has 1 aromatic heterocycles. The lowest BCUT2D eigenvalue weighted by molar-refractivity contribution is -0.130. The molecule has 2 unspecified atom stereocenters. The van der Waals surface area contributed by atoms with Crippen LogP contribution in [-0.2, 0) is 11.3 Å². The van der Waals surface area contributed by atoms with Crippen LogP contribution in [0.25, 0.3) is 11.0 Å². The molecule has 1 aromatic carbocycles. The predicted octanol–water partition coefficient (Wildman–Crippen LogP) is 2.03. The smallest absolute Gasteiger partial charge is 0.235 e. The first-order valence-corrected chi connectivity index (χ1v) is 9.94. The van der Waals surface area contributed by atoms with Crippen molar-refractivity contribution >= 4 is 28.5 Å². The summed E-state index contributed by atoms with van der Waals surface area (Å²) in [7, 11) is 0. The van der Waals surface area contributed by atoms with Crippen molar-refractivity contribution in [3.05, 3.63) is 28.8 Å². The van der Waals surface area contributed by atoms with Crippen molar-refractivity contribution in [3.8, 4) is 0 Å². The fourth-order valence-electron chi connectivity index (χ4n) is 4.09. The molecule has 0 spiro atoms. The third-order valence-electron chi connectivity index (χ3n) is 5.13. The molecule has 2 aromatic rings. The van der Waals surface area contributed by atoms with E-state index in [0.717, 1.165) is 25.3 Å². The number of carbonyl (C=O) groups excluding carboxylic acids is 1. The highest BCUT2D eigenvalue weighted by atomic mass is 35.5. The second-order valence-electron chi connectivity index (χ2n) is 8.75. The standard InChI is InChI=1S/C19H26ClFN6O/c1-19(2,3)25-17(28)7-22-27-12-6-13(27)9-26(8-12)10-16-23-15-5-11(21)4-14(20)18(15)24-16/h4-5,12-13,22H,6-10H2,1-3H3,(H,23,24)(H,25,28). The van der Waals surface area contributed by atoms with Crippen LogP contribution in [0.1, 0.15) is 33.0 Å². The number of halogens is 2. The third-order valence-corrected chi connectivity index (χ3v) is 5.42. The Labute approximate surface area is 168 Å². The van der Waals surface area contributed by atoms with E-state index in [2.05, 4.69) is 30.6 Å². The number of hydrazine groups is 1. The zero-order valence-electron chi connectivity index (χ0n) is 16.4. The highest BCUT2D eigenvalue weighted by molar-refractivity contribution is 6.34. The number of rotatable bonds is 5. The van der Waals surface area contributed by atoms with Gasteiger partial charge < -0.3 is 10.3 Å². The van der Waals surface area contributed by atoms with Gasteiger partial charge in [-0.3, -0.25) is 9.69 Å². The zero-order valence-corrected chi connectivity index (χ0v) is 17.1. The van der Waals surface area contributed by atoms with Crippen LogP contribution < -0.4 is 10.7 Å². The van der Waals surface area contributed by atoms with Gasteiger partial charge in [0, 0.05) is 30.7 Å². The molecule has 3 fully saturated rings. The number of H-pyrrole nitrogens is 1. The second kappa shape index (κ2) is 7.26. The van der Waals surface area contributed by atoms with Gasteiger partial charge in [-0.2, -0.15) is 0 Å². The van der Waals surface area contributed by atoms with Gasteiger partial charge in [-0.1, -0.05) is 11.6 Å². The number of amides is 1. The molecule has 4 heterocycles. The van der Waals surface area contributed by atoms with Crippen LogP contribution in [0.15, 0.2) is 12.1 Å². The monoisotopic (exact) mass is 408 g/mol.